The van der Waals surface area contributed by atoms with Gasteiger partial charge in [-0.2, -0.15) is 47.8 Å². The Morgan fingerprint density at radius 3 is 1.26 bits per heavy atom. The second-order valence-electron chi connectivity index (χ2n) is 35.3. The van der Waals surface area contributed by atoms with Crippen molar-refractivity contribution >= 4 is 120 Å². The van der Waals surface area contributed by atoms with Crippen LogP contribution in [0.1, 0.15) is 225 Å². The van der Waals surface area contributed by atoms with Gasteiger partial charge in [0, 0.05) is 23.8 Å². The average Bonchev–Trinajstić information content (AvgIpc) is 1.52. The van der Waals surface area contributed by atoms with Crippen molar-refractivity contribution in [3.63, 3.8) is 0 Å². The standard InChI is InChI=1S/C25H35ClO3Si.C21H26O3.C13H18O.C13H18.C5H11ClSi.2C5H9.C4H14O3Si2.2CH4.4ClH.2Ru/c1-7-21-12-13-22(9-8-16-30(5,6)26)25(21)29-24(27)15-11-20-10-14-23(19(4)17-20)28-18(2)3;1-4-16-13-15(5-11-19(16)23-14(2)3)6-12-20(22)24-21-17-7-8-18(21)10-9-17;1-5-6-12-7-8-13(11(4)9-12)14-10(2)3;1-2-6-4-8-10(6)13-11-7(3-1)5-9(11)12(8)13;1-4-5-7(2,3)6;2*1-2-4-5-3-1;1-8(2,5)7-9(3,4)6;;;;;;;;/h4,7-10,14,17-18,21-22,25H,1,11-13,15-16H2,2-3,5-6H3;4-5,7-8,11,13-14,17-18,21H,1,6,9-10,12H2,2-3H3;4,7-10H,5-6H2,1-3H3;6-13H,1-5H2;4H,1,5H2,2-3H3;2*1H,2-5H2;5-6H,1-4H3;2*1H4;4*1H;;/q;;;;;2*-1;;;;;;;;2*+2/p-4/b9-8+;;;;;;;;;;;;;;;/t21-,22?,25?;17-,18?,21?;;;;;;;;;;;;;;/m00............../s1. The SMILES string of the molecule is C.C.C1CC2CC3C2C2C4C(C1)CC4C32.C=CC[Si](C)(C)Cl.C=C[C@H]1CCC(/C=C/C[Si](C)(C)Cl)C1OC(=O)CCc1ccc(OC(C)C)c([CH]=[Ru]([Cl])[Cl])c1.C=Cc1cc(CCC(=O)OC2C3C=C[C@H]2CC3)ccc1OC(C)C.CCCc1ccc(OC(C)C)c([CH]=[Ru]([Cl])[Cl])c1.C[Si](C)(O)O[Si](C)(C)O.[CH-]1CCCC1.[CH-]1CCCC1. The molecular weight excluding hydrogens is 1800 g/mol. The van der Waals surface area contributed by atoms with E-state index in [0.29, 0.717) is 37.5 Å². The fraction of sp³-hybridized carbons (Fsp3) is 0.634. The number of benzene rings is 3. The quantitative estimate of drug-likeness (QED) is 0.0250. The molecule has 0 aromatic heterocycles. The molecule has 0 radical (unpaired) electrons. The molecular formula is C93H148Cl6O10Ru2Si4-2. The molecule has 2 N–H and O–H groups in total. The third-order valence-corrected chi connectivity index (χ3v) is 33.5. The molecule has 10 aliphatic rings. The number of rotatable bonds is 27. The Bertz CT molecular complexity index is 3480. The molecule has 3 aromatic carbocycles. The maximum atomic E-state index is 12.7. The van der Waals surface area contributed by atoms with E-state index >= 15 is 0 Å². The van der Waals surface area contributed by atoms with Gasteiger partial charge in [0.2, 0.25) is 0 Å². The summed E-state index contributed by atoms with van der Waals surface area (Å²) in [5.41, 5.74) is 6.32. The number of hydrogen-bond acceptors (Lipinski definition) is 10. The van der Waals surface area contributed by atoms with Crippen molar-refractivity contribution in [2.75, 3.05) is 0 Å². The van der Waals surface area contributed by atoms with Crippen molar-refractivity contribution in [2.45, 2.75) is 306 Å². The van der Waals surface area contributed by atoms with Gasteiger partial charge in [-0.3, -0.25) is 4.79 Å². The van der Waals surface area contributed by atoms with Gasteiger partial charge in [-0.1, -0.05) is 123 Å². The maximum absolute atomic E-state index is 12.7. The fourth-order valence-electron chi connectivity index (χ4n) is 17.8. The molecule has 2 bridgehead atoms. The summed E-state index contributed by atoms with van der Waals surface area (Å²) in [6.45, 7) is 40.6. The molecule has 3 aromatic rings. The number of aryl methyl sites for hydroxylation is 3. The van der Waals surface area contributed by atoms with Crippen LogP contribution in [0.25, 0.3) is 6.08 Å². The molecule has 0 aliphatic heterocycles. The van der Waals surface area contributed by atoms with Crippen LogP contribution in [-0.4, -0.2) is 93.2 Å². The van der Waals surface area contributed by atoms with E-state index < -0.39 is 58.9 Å². The summed E-state index contributed by atoms with van der Waals surface area (Å²) in [7, 11) is 16.2. The number of esters is 2. The summed E-state index contributed by atoms with van der Waals surface area (Å²) >= 11 is 8.51. The third-order valence-electron chi connectivity index (χ3n) is 22.4. The number of halogens is 6. The van der Waals surface area contributed by atoms with Crippen LogP contribution in [0.3, 0.4) is 0 Å². The van der Waals surface area contributed by atoms with E-state index in [0.717, 1.165) is 95.7 Å². The van der Waals surface area contributed by atoms with Gasteiger partial charge in [-0.25, -0.2) is 0 Å². The van der Waals surface area contributed by atoms with Crippen molar-refractivity contribution in [3.05, 3.63) is 157 Å². The minimum Gasteiger partial charge on any atom is -0.415 e. The molecule has 10 unspecified atom stereocenters. The van der Waals surface area contributed by atoms with Crippen molar-refractivity contribution in [1.29, 1.82) is 0 Å². The van der Waals surface area contributed by atoms with Crippen LogP contribution in [0.5, 0.6) is 17.2 Å². The second kappa shape index (κ2) is 52.1. The van der Waals surface area contributed by atoms with Crippen LogP contribution in [0.15, 0.2) is 111 Å². The Morgan fingerprint density at radius 1 is 0.530 bits per heavy atom. The van der Waals surface area contributed by atoms with Crippen LogP contribution in [0.4, 0.5) is 0 Å². The third kappa shape index (κ3) is 37.6. The van der Waals surface area contributed by atoms with Crippen LogP contribution >= 0.6 is 60.9 Å². The van der Waals surface area contributed by atoms with E-state index in [-0.39, 0.29) is 69.1 Å². The molecule has 10 nitrogen and oxygen atoms in total. The number of carbonyl (C=O) groups is 2. The topological polar surface area (TPSA) is 130 Å². The van der Waals surface area contributed by atoms with Gasteiger partial charge in [0.1, 0.15) is 11.9 Å². The number of ether oxygens (including phenoxy) is 5. The van der Waals surface area contributed by atoms with E-state index in [1.54, 1.807) is 64.4 Å². The summed E-state index contributed by atoms with van der Waals surface area (Å²) in [5, 5.41) is 0. The first-order chi connectivity index (χ1) is 53.3. The van der Waals surface area contributed by atoms with E-state index in [1.807, 2.05) is 105 Å². The van der Waals surface area contributed by atoms with Crippen molar-refractivity contribution in [2.24, 2.45) is 71.0 Å². The largest absolute Gasteiger partial charge is 0.415 e. The smallest absolute Gasteiger partial charge is 0.320 e. The summed E-state index contributed by atoms with van der Waals surface area (Å²) in [6, 6.07) is 20.1. The van der Waals surface area contributed by atoms with Gasteiger partial charge in [0.15, 0.2) is 14.8 Å². The summed E-state index contributed by atoms with van der Waals surface area (Å²) < 4.78 is 37.9. The molecule has 13 rings (SSSR count). The van der Waals surface area contributed by atoms with E-state index in [2.05, 4.69) is 102 Å². The van der Waals surface area contributed by atoms with Gasteiger partial charge in [0.05, 0.1) is 6.10 Å². The number of carbonyl (C=O) groups excluding carboxylic acids is 2. The Labute approximate surface area is 738 Å². The molecule has 656 valence electrons. The minimum absolute atomic E-state index is 0. The molecule has 0 amide bonds. The van der Waals surface area contributed by atoms with Crippen LogP contribution < -0.4 is 14.2 Å². The molecule has 10 aliphatic carbocycles. The zero-order valence-electron chi connectivity index (χ0n) is 70.8. The maximum Gasteiger partial charge on any atom is 0.320 e. The van der Waals surface area contributed by atoms with E-state index in [9.17, 15) is 9.59 Å². The molecule has 0 spiro atoms. The monoisotopic (exact) mass is 1950 g/mol. The van der Waals surface area contributed by atoms with Crippen LogP contribution in [0.2, 0.25) is 64.5 Å². The van der Waals surface area contributed by atoms with Gasteiger partial charge >= 0.3 is 321 Å². The normalized spacial score (nSPS) is 25.3. The molecule has 12 atom stereocenters. The Kier molecular flexibility index (Phi) is 47.8. The zero-order valence-corrected chi connectivity index (χ0v) is 82.8. The summed E-state index contributed by atoms with van der Waals surface area (Å²) in [6.07, 6.45) is 47.2. The van der Waals surface area contributed by atoms with Crippen LogP contribution in [-0.2, 0) is 69.5 Å². The number of hydrogen-bond donors (Lipinski definition) is 2. The Balaban J connectivity index is 0.000000298. The first-order valence-electron chi connectivity index (χ1n) is 42.1. The molecule has 9 saturated carbocycles. The number of fused-ring (bicyclic) bond motifs is 4. The average molecular weight is 1950 g/mol. The Morgan fingerprint density at radius 2 is 0.930 bits per heavy atom. The van der Waals surface area contributed by atoms with Crippen molar-refractivity contribution in [1.82, 2.24) is 0 Å². The van der Waals surface area contributed by atoms with Crippen molar-refractivity contribution < 1.29 is 74.0 Å². The molecule has 22 heteroatoms. The predicted octanol–water partition coefficient (Wildman–Crippen LogP) is 27.4. The van der Waals surface area contributed by atoms with E-state index in [4.69, 9.17) is 98.3 Å². The first kappa shape index (κ1) is 106. The summed E-state index contributed by atoms with van der Waals surface area (Å²) in [4.78, 5) is 43.2. The van der Waals surface area contributed by atoms with Gasteiger partial charge in [-0.05, 0) is 149 Å². The fourth-order valence-corrected chi connectivity index (χ4v) is 28.2. The minimum atomic E-state index is -2.48. The van der Waals surface area contributed by atoms with Gasteiger partial charge < -0.3 is 36.0 Å². The molecule has 0 heterocycles. The van der Waals surface area contributed by atoms with Gasteiger partial charge in [-0.15, -0.1) is 6.58 Å². The number of allylic oxidation sites excluding steroid dienone is 2. The second-order valence-corrected chi connectivity index (χ2v) is 67.2. The van der Waals surface area contributed by atoms with Gasteiger partial charge in [0.25, 0.3) is 0 Å². The molecule has 115 heavy (non-hydrogen) atoms. The first-order valence-corrected chi connectivity index (χ1v) is 67.2. The predicted molar refractivity (Wildman–Crippen MR) is 499 cm³/mol. The molecule has 0 saturated heterocycles. The molecule has 9 fully saturated rings. The van der Waals surface area contributed by atoms with E-state index in [1.165, 1.54) is 104 Å². The Hall–Kier alpha value is -1.83. The van der Waals surface area contributed by atoms with Crippen molar-refractivity contribution in [3.8, 4) is 17.2 Å². The summed E-state index contributed by atoms with van der Waals surface area (Å²) in [5.74, 6) is 13.5. The zero-order chi connectivity index (χ0) is 83.4. The van der Waals surface area contributed by atoms with Crippen LogP contribution in [0, 0.1) is 83.9 Å².